The molecule has 0 aliphatic heterocycles. The maximum absolute atomic E-state index is 11.8. The van der Waals surface area contributed by atoms with Crippen molar-refractivity contribution in [3.63, 3.8) is 0 Å². The van der Waals surface area contributed by atoms with E-state index in [9.17, 15) is 4.79 Å². The van der Waals surface area contributed by atoms with Crippen LogP contribution in [0.3, 0.4) is 0 Å². The fraction of sp³-hybridized carbons (Fsp3) is 0.417. The predicted molar refractivity (Wildman–Crippen MR) is 68.2 cm³/mol. The Labute approximate surface area is 104 Å². The highest BCUT2D eigenvalue weighted by Gasteiger charge is 2.08. The number of rotatable bonds is 5. The molecular weight excluding hydrogens is 275 g/mol. The second kappa shape index (κ2) is 6.29. The van der Waals surface area contributed by atoms with Crippen molar-refractivity contribution in [3.8, 4) is 0 Å². The number of aryl methyl sites for hydroxylation is 1. The van der Waals surface area contributed by atoms with Gasteiger partial charge in [-0.25, -0.2) is 0 Å². The maximum atomic E-state index is 11.8. The zero-order valence-electron chi connectivity index (χ0n) is 8.72. The minimum Gasteiger partial charge on any atom is -0.294 e. The van der Waals surface area contributed by atoms with E-state index in [1.807, 2.05) is 19.1 Å². The molecule has 0 bridgehead atoms. The van der Waals surface area contributed by atoms with Crippen molar-refractivity contribution >= 4 is 33.3 Å². The average molecular weight is 290 g/mol. The summed E-state index contributed by atoms with van der Waals surface area (Å²) in [4.78, 5) is 11.8. The molecule has 0 aliphatic carbocycles. The van der Waals surface area contributed by atoms with E-state index in [2.05, 4.69) is 15.9 Å². The van der Waals surface area contributed by atoms with Gasteiger partial charge in [-0.05, 0) is 37.5 Å². The monoisotopic (exact) mass is 288 g/mol. The van der Waals surface area contributed by atoms with Crippen LogP contribution in [-0.4, -0.2) is 11.1 Å². The van der Waals surface area contributed by atoms with Gasteiger partial charge in [-0.3, -0.25) is 4.79 Å². The van der Waals surface area contributed by atoms with Gasteiger partial charge in [0.1, 0.15) is 0 Å². The number of hydrogen-bond acceptors (Lipinski definition) is 1. The number of Topliss-reactive ketones (excluding diaryl/α,β-unsaturated/α-hetero) is 1. The van der Waals surface area contributed by atoms with Gasteiger partial charge in [0.15, 0.2) is 5.78 Å². The molecule has 1 nitrogen and oxygen atoms in total. The first-order valence-corrected chi connectivity index (χ1v) is 6.50. The molecule has 0 saturated heterocycles. The average Bonchev–Trinajstić information content (AvgIpc) is 2.22. The molecular formula is C12H14BrClO. The molecule has 0 spiro atoms. The third kappa shape index (κ3) is 3.96. The summed E-state index contributed by atoms with van der Waals surface area (Å²) in [6, 6.07) is 5.46. The molecule has 0 heterocycles. The first-order chi connectivity index (χ1) is 7.15. The quantitative estimate of drug-likeness (QED) is 0.446. The molecule has 3 heteroatoms. The Kier molecular flexibility index (Phi) is 5.34. The smallest absolute Gasteiger partial charge is 0.163 e. The molecule has 0 saturated carbocycles. The van der Waals surface area contributed by atoms with Crippen LogP contribution < -0.4 is 0 Å². The zero-order valence-corrected chi connectivity index (χ0v) is 11.1. The third-order valence-corrected chi connectivity index (χ3v) is 3.08. The summed E-state index contributed by atoms with van der Waals surface area (Å²) >= 11 is 9.21. The van der Waals surface area contributed by atoms with Crippen molar-refractivity contribution in [2.45, 2.75) is 26.2 Å². The highest BCUT2D eigenvalue weighted by Crippen LogP contribution is 2.17. The second-order valence-corrected chi connectivity index (χ2v) is 4.76. The lowest BCUT2D eigenvalue weighted by molar-refractivity contribution is 0.0979. The van der Waals surface area contributed by atoms with Gasteiger partial charge in [0.2, 0.25) is 0 Å². The second-order valence-electron chi connectivity index (χ2n) is 3.53. The normalized spacial score (nSPS) is 10.3. The molecule has 1 aromatic carbocycles. The molecule has 0 N–H and O–H groups in total. The lowest BCUT2D eigenvalue weighted by Crippen LogP contribution is -2.01. The number of ketones is 1. The van der Waals surface area contributed by atoms with Crippen molar-refractivity contribution in [1.29, 1.82) is 0 Å². The number of carbonyl (C=O) groups excluding carboxylic acids is 1. The van der Waals surface area contributed by atoms with E-state index in [1.54, 1.807) is 6.07 Å². The fourth-order valence-electron chi connectivity index (χ4n) is 1.41. The van der Waals surface area contributed by atoms with Gasteiger partial charge in [0.25, 0.3) is 0 Å². The topological polar surface area (TPSA) is 17.1 Å². The summed E-state index contributed by atoms with van der Waals surface area (Å²) in [5, 5.41) is 1.58. The van der Waals surface area contributed by atoms with Gasteiger partial charge in [0.05, 0.1) is 0 Å². The largest absolute Gasteiger partial charge is 0.294 e. The van der Waals surface area contributed by atoms with Crippen molar-refractivity contribution in [2.24, 2.45) is 0 Å². The molecule has 82 valence electrons. The van der Waals surface area contributed by atoms with Crippen LogP contribution in [0.5, 0.6) is 0 Å². The molecule has 0 radical (unpaired) electrons. The van der Waals surface area contributed by atoms with Crippen molar-refractivity contribution in [3.05, 3.63) is 34.3 Å². The van der Waals surface area contributed by atoms with Gasteiger partial charge >= 0.3 is 0 Å². The molecule has 0 atom stereocenters. The van der Waals surface area contributed by atoms with Crippen LogP contribution in [0, 0.1) is 6.92 Å². The van der Waals surface area contributed by atoms with Crippen LogP contribution >= 0.6 is 27.5 Å². The van der Waals surface area contributed by atoms with Crippen LogP contribution in [0.4, 0.5) is 0 Å². The molecule has 1 rings (SSSR count). The summed E-state index contributed by atoms with van der Waals surface area (Å²) < 4.78 is 0. The Hall–Kier alpha value is -0.340. The summed E-state index contributed by atoms with van der Waals surface area (Å²) in [5.74, 6) is 0.191. The number of alkyl halides is 1. The van der Waals surface area contributed by atoms with Crippen molar-refractivity contribution in [1.82, 2.24) is 0 Å². The summed E-state index contributed by atoms with van der Waals surface area (Å²) in [5.41, 5.74) is 1.76. The lowest BCUT2D eigenvalue weighted by Gasteiger charge is -2.04. The molecule has 15 heavy (non-hydrogen) atoms. The third-order valence-electron chi connectivity index (χ3n) is 2.29. The van der Waals surface area contributed by atoms with E-state index in [0.717, 1.165) is 29.3 Å². The first-order valence-electron chi connectivity index (χ1n) is 5.00. The van der Waals surface area contributed by atoms with Gasteiger partial charge in [-0.2, -0.15) is 0 Å². The predicted octanol–water partition coefficient (Wildman–Crippen LogP) is 4.40. The zero-order chi connectivity index (χ0) is 11.3. The molecule has 0 aromatic heterocycles. The van der Waals surface area contributed by atoms with E-state index in [1.165, 1.54) is 0 Å². The maximum Gasteiger partial charge on any atom is 0.163 e. The summed E-state index contributed by atoms with van der Waals surface area (Å²) in [6.07, 6.45) is 2.56. The Morgan fingerprint density at radius 3 is 2.80 bits per heavy atom. The Balaban J connectivity index is 2.68. The van der Waals surface area contributed by atoms with Crippen LogP contribution in [0.25, 0.3) is 0 Å². The number of unbranched alkanes of at least 4 members (excludes halogenated alkanes) is 1. The Morgan fingerprint density at radius 1 is 1.40 bits per heavy atom. The van der Waals surface area contributed by atoms with Gasteiger partial charge in [0, 0.05) is 22.3 Å². The molecule has 0 amide bonds. The fourth-order valence-corrected chi connectivity index (χ4v) is 1.98. The van der Waals surface area contributed by atoms with Crippen LogP contribution in [-0.2, 0) is 0 Å². The van der Waals surface area contributed by atoms with E-state index < -0.39 is 0 Å². The highest BCUT2D eigenvalue weighted by molar-refractivity contribution is 9.09. The summed E-state index contributed by atoms with van der Waals surface area (Å²) in [6.45, 7) is 1.94. The molecule has 0 aliphatic rings. The standard InChI is InChI=1S/C12H14BrClO/c1-9-5-6-10(14)8-11(9)12(15)4-2-3-7-13/h5-6,8H,2-4,7H2,1H3. The Morgan fingerprint density at radius 2 is 2.13 bits per heavy atom. The number of carbonyl (C=O) groups is 1. The van der Waals surface area contributed by atoms with Gasteiger partial charge < -0.3 is 0 Å². The minimum absolute atomic E-state index is 0.191. The minimum atomic E-state index is 0.191. The molecule has 0 unspecified atom stereocenters. The Bertz CT molecular complexity index is 349. The molecule has 1 aromatic rings. The van der Waals surface area contributed by atoms with E-state index >= 15 is 0 Å². The van der Waals surface area contributed by atoms with E-state index in [4.69, 9.17) is 11.6 Å². The van der Waals surface area contributed by atoms with E-state index in [0.29, 0.717) is 11.4 Å². The van der Waals surface area contributed by atoms with Crippen molar-refractivity contribution in [2.75, 3.05) is 5.33 Å². The van der Waals surface area contributed by atoms with Gasteiger partial charge in [-0.15, -0.1) is 0 Å². The SMILES string of the molecule is Cc1ccc(Cl)cc1C(=O)CCCCBr. The first kappa shape index (κ1) is 12.7. The van der Waals surface area contributed by atoms with Crippen molar-refractivity contribution < 1.29 is 4.79 Å². The summed E-state index contributed by atoms with van der Waals surface area (Å²) in [7, 11) is 0. The van der Waals surface area contributed by atoms with Crippen LogP contribution in [0.15, 0.2) is 18.2 Å². The molecule has 0 fully saturated rings. The van der Waals surface area contributed by atoms with Gasteiger partial charge in [-0.1, -0.05) is 33.6 Å². The van der Waals surface area contributed by atoms with Crippen LogP contribution in [0.1, 0.15) is 35.2 Å². The number of hydrogen-bond donors (Lipinski definition) is 0. The lowest BCUT2D eigenvalue weighted by atomic mass is 10.0. The number of benzene rings is 1. The van der Waals surface area contributed by atoms with E-state index in [-0.39, 0.29) is 5.78 Å². The number of halogens is 2. The van der Waals surface area contributed by atoms with Crippen LogP contribution in [0.2, 0.25) is 5.02 Å². The highest BCUT2D eigenvalue weighted by atomic mass is 79.9.